The second kappa shape index (κ2) is 12.3. The number of amides is 1. The number of fused-ring (bicyclic) bond motifs is 1. The molecule has 202 valence electrons. The Morgan fingerprint density at radius 3 is 2.70 bits per heavy atom. The normalized spacial score (nSPS) is 22.2. The van der Waals surface area contributed by atoms with Gasteiger partial charge in [0, 0.05) is 24.3 Å². The fraction of sp³-hybridized carbons (Fsp3) is 0.536. The lowest BCUT2D eigenvalue weighted by molar-refractivity contribution is -0.119. The third-order valence-corrected chi connectivity index (χ3v) is 9.26. The van der Waals surface area contributed by atoms with E-state index in [0.717, 1.165) is 43.4 Å². The first-order valence-corrected chi connectivity index (χ1v) is 14.8. The fourth-order valence-electron chi connectivity index (χ4n) is 5.21. The summed E-state index contributed by atoms with van der Waals surface area (Å²) in [5, 5.41) is 0. The molecule has 2 aromatic carbocycles. The van der Waals surface area contributed by atoms with Crippen LogP contribution in [0.4, 0.5) is 5.69 Å². The molecule has 0 aromatic heterocycles. The number of carbonyl (C=O) groups excluding carboxylic acids is 1. The van der Waals surface area contributed by atoms with Gasteiger partial charge in [0.15, 0.2) is 0 Å². The molecule has 2 aliphatic rings. The van der Waals surface area contributed by atoms with Crippen LogP contribution in [0.3, 0.4) is 0 Å². The second-order valence-electron chi connectivity index (χ2n) is 10.0. The van der Waals surface area contributed by atoms with Gasteiger partial charge < -0.3 is 20.1 Å². The molecule has 2 heterocycles. The molecule has 1 fully saturated rings. The highest BCUT2D eigenvalue weighted by atomic mass is 32.2. The highest BCUT2D eigenvalue weighted by Crippen LogP contribution is 2.37. The van der Waals surface area contributed by atoms with E-state index in [9.17, 15) is 13.2 Å². The zero-order valence-electron chi connectivity index (χ0n) is 21.8. The summed E-state index contributed by atoms with van der Waals surface area (Å²) in [5.74, 6) is -0.0792. The number of carbonyl (C=O) groups is 1. The molecule has 9 heteroatoms. The summed E-state index contributed by atoms with van der Waals surface area (Å²) in [7, 11) is -3.79. The molecule has 37 heavy (non-hydrogen) atoms. The van der Waals surface area contributed by atoms with Crippen molar-refractivity contribution < 1.29 is 22.7 Å². The number of nitrogens with zero attached hydrogens (tertiary/aromatic N) is 2. The fourth-order valence-corrected chi connectivity index (χ4v) is 7.01. The van der Waals surface area contributed by atoms with E-state index in [1.165, 1.54) is 0 Å². The largest absolute Gasteiger partial charge is 0.485 e. The Bertz CT molecular complexity index is 1160. The number of unbranched alkanes of at least 4 members (excludes halogenated alkanes) is 2. The van der Waals surface area contributed by atoms with Crippen molar-refractivity contribution >= 4 is 21.6 Å². The molecule has 2 aromatic rings. The summed E-state index contributed by atoms with van der Waals surface area (Å²) >= 11 is 0. The SMILES string of the molecule is CCCCC[C@@H](C)N1C[C@H](COCc2ccccc2)Oc2cc(N3CCC[C@H]3C(N)=O)ccc2S1(=O)=O. The average molecular weight is 530 g/mol. The third-order valence-electron chi connectivity index (χ3n) is 7.24. The van der Waals surface area contributed by atoms with Gasteiger partial charge in [0.2, 0.25) is 15.9 Å². The van der Waals surface area contributed by atoms with Gasteiger partial charge in [0.1, 0.15) is 22.8 Å². The minimum absolute atomic E-state index is 0.152. The smallest absolute Gasteiger partial charge is 0.247 e. The summed E-state index contributed by atoms with van der Waals surface area (Å²) in [4.78, 5) is 14.1. The van der Waals surface area contributed by atoms with Crippen LogP contribution in [0.1, 0.15) is 57.9 Å². The Morgan fingerprint density at radius 1 is 1.19 bits per heavy atom. The van der Waals surface area contributed by atoms with Crippen molar-refractivity contribution in [2.24, 2.45) is 5.73 Å². The minimum Gasteiger partial charge on any atom is -0.485 e. The van der Waals surface area contributed by atoms with Crippen molar-refractivity contribution in [2.45, 2.75) is 82.1 Å². The molecule has 4 rings (SSSR count). The van der Waals surface area contributed by atoms with Crippen LogP contribution < -0.4 is 15.4 Å². The first kappa shape index (κ1) is 27.4. The van der Waals surface area contributed by atoms with E-state index >= 15 is 0 Å². The molecular weight excluding hydrogens is 490 g/mol. The van der Waals surface area contributed by atoms with Gasteiger partial charge in [-0.1, -0.05) is 56.5 Å². The molecule has 0 saturated carbocycles. The monoisotopic (exact) mass is 529 g/mol. The highest BCUT2D eigenvalue weighted by molar-refractivity contribution is 7.89. The summed E-state index contributed by atoms with van der Waals surface area (Å²) in [6.45, 7) is 5.67. The summed E-state index contributed by atoms with van der Waals surface area (Å²) in [6.07, 6.45) is 4.95. The molecular formula is C28H39N3O5S. The number of anilines is 1. The van der Waals surface area contributed by atoms with Crippen LogP contribution in [0.25, 0.3) is 0 Å². The molecule has 0 spiro atoms. The predicted octanol–water partition coefficient (Wildman–Crippen LogP) is 4.08. The zero-order valence-corrected chi connectivity index (χ0v) is 22.7. The Hall–Kier alpha value is -2.62. The Balaban J connectivity index is 1.61. The van der Waals surface area contributed by atoms with Crippen LogP contribution in [-0.2, 0) is 26.2 Å². The maximum absolute atomic E-state index is 13.9. The second-order valence-corrected chi connectivity index (χ2v) is 11.9. The van der Waals surface area contributed by atoms with Gasteiger partial charge in [-0.05, 0) is 43.9 Å². The first-order chi connectivity index (χ1) is 17.8. The molecule has 2 aliphatic heterocycles. The number of ether oxygens (including phenoxy) is 2. The highest BCUT2D eigenvalue weighted by Gasteiger charge is 2.38. The van der Waals surface area contributed by atoms with Crippen molar-refractivity contribution in [3.63, 3.8) is 0 Å². The third kappa shape index (κ3) is 6.45. The van der Waals surface area contributed by atoms with Gasteiger partial charge >= 0.3 is 0 Å². The average Bonchev–Trinajstić information content (AvgIpc) is 3.34. The lowest BCUT2D eigenvalue weighted by atomic mass is 10.1. The van der Waals surface area contributed by atoms with Crippen LogP contribution in [-0.4, -0.2) is 56.5 Å². The first-order valence-electron chi connectivity index (χ1n) is 13.3. The molecule has 3 atom stereocenters. The van der Waals surface area contributed by atoms with Gasteiger partial charge in [-0.2, -0.15) is 4.31 Å². The van der Waals surface area contributed by atoms with E-state index < -0.39 is 22.2 Å². The lowest BCUT2D eigenvalue weighted by Crippen LogP contribution is -2.44. The van der Waals surface area contributed by atoms with E-state index in [1.807, 2.05) is 42.2 Å². The van der Waals surface area contributed by atoms with Crippen LogP contribution >= 0.6 is 0 Å². The van der Waals surface area contributed by atoms with Crippen molar-refractivity contribution in [3.8, 4) is 5.75 Å². The molecule has 0 radical (unpaired) electrons. The summed E-state index contributed by atoms with van der Waals surface area (Å²) < 4.78 is 41.6. The van der Waals surface area contributed by atoms with Crippen LogP contribution in [0, 0.1) is 0 Å². The van der Waals surface area contributed by atoms with Crippen LogP contribution in [0.2, 0.25) is 0 Å². The van der Waals surface area contributed by atoms with Gasteiger partial charge in [-0.3, -0.25) is 4.79 Å². The van der Waals surface area contributed by atoms with Crippen LogP contribution in [0.15, 0.2) is 53.4 Å². The molecule has 2 N–H and O–H groups in total. The summed E-state index contributed by atoms with van der Waals surface area (Å²) in [6, 6.07) is 14.4. The standard InChI is InChI=1S/C28H39N3O5S/c1-3-4-6-10-21(2)31-18-24(20-35-19-22-11-7-5-8-12-22)36-26-17-23(14-15-27(26)37(31,33)34)30-16-9-13-25(30)28(29)32/h5,7-8,11-12,14-15,17,21,24-25H,3-4,6,9-10,13,16,18-20H2,1-2H3,(H2,29,32)/t21-,24-,25+/m1/s1. The molecule has 1 saturated heterocycles. The van der Waals surface area contributed by atoms with Crippen molar-refractivity contribution in [1.82, 2.24) is 4.31 Å². The molecule has 0 unspecified atom stereocenters. The number of hydrogen-bond acceptors (Lipinski definition) is 6. The number of primary amides is 1. The maximum atomic E-state index is 13.9. The Morgan fingerprint density at radius 2 is 1.97 bits per heavy atom. The zero-order chi connectivity index (χ0) is 26.4. The quantitative estimate of drug-likeness (QED) is 0.440. The van der Waals surface area contributed by atoms with Crippen LogP contribution in [0.5, 0.6) is 5.75 Å². The van der Waals surface area contributed by atoms with Gasteiger partial charge in [0.25, 0.3) is 0 Å². The van der Waals surface area contributed by atoms with Gasteiger partial charge in [0.05, 0.1) is 19.8 Å². The molecule has 0 aliphatic carbocycles. The topological polar surface area (TPSA) is 102 Å². The number of hydrogen-bond donors (Lipinski definition) is 1. The summed E-state index contributed by atoms with van der Waals surface area (Å²) in [5.41, 5.74) is 7.41. The van der Waals surface area contributed by atoms with E-state index in [-0.39, 0.29) is 30.0 Å². The van der Waals surface area contributed by atoms with Crippen molar-refractivity contribution in [3.05, 3.63) is 54.1 Å². The number of benzene rings is 2. The van der Waals surface area contributed by atoms with Gasteiger partial charge in [-0.15, -0.1) is 0 Å². The predicted molar refractivity (Wildman–Crippen MR) is 144 cm³/mol. The van der Waals surface area contributed by atoms with E-state index in [0.29, 0.717) is 25.3 Å². The Labute approximate surface area is 220 Å². The maximum Gasteiger partial charge on any atom is 0.247 e. The van der Waals surface area contributed by atoms with E-state index in [2.05, 4.69) is 6.92 Å². The minimum atomic E-state index is -3.79. The Kier molecular flexibility index (Phi) is 9.10. The molecule has 0 bridgehead atoms. The number of nitrogens with two attached hydrogens (primary N) is 1. The van der Waals surface area contributed by atoms with Crippen molar-refractivity contribution in [2.75, 3.05) is 24.6 Å². The van der Waals surface area contributed by atoms with E-state index in [4.69, 9.17) is 15.2 Å². The number of sulfonamides is 1. The van der Waals surface area contributed by atoms with Crippen molar-refractivity contribution in [1.29, 1.82) is 0 Å². The lowest BCUT2D eigenvalue weighted by Gasteiger charge is -2.28. The van der Waals surface area contributed by atoms with E-state index in [1.54, 1.807) is 22.5 Å². The molecule has 1 amide bonds. The van der Waals surface area contributed by atoms with Gasteiger partial charge in [-0.25, -0.2) is 8.42 Å². The molecule has 8 nitrogen and oxygen atoms in total. The number of rotatable bonds is 11.